The molecular weight excluding hydrogens is 456 g/mol. The molecule has 0 saturated carbocycles. The molecule has 1 saturated heterocycles. The maximum absolute atomic E-state index is 14.3. The van der Waals surface area contributed by atoms with Crippen LogP contribution in [-0.2, 0) is 14.5 Å². The predicted molar refractivity (Wildman–Crippen MR) is 141 cm³/mol. The molecule has 3 aromatic rings. The fourth-order valence-corrected chi connectivity index (χ4v) is 6.93. The maximum Gasteiger partial charge on any atom is 0.269 e. The van der Waals surface area contributed by atoms with E-state index in [2.05, 4.69) is 39.0 Å². The first-order chi connectivity index (χ1) is 16.7. The van der Waals surface area contributed by atoms with Crippen LogP contribution in [0.4, 0.5) is 11.4 Å². The van der Waals surface area contributed by atoms with Crippen LogP contribution >= 0.6 is 11.8 Å². The molecule has 3 aliphatic rings. The zero-order chi connectivity index (χ0) is 24.5. The lowest BCUT2D eigenvalue weighted by Crippen LogP contribution is -2.54. The minimum absolute atomic E-state index is 0.0615. The molecule has 0 bridgehead atoms. The van der Waals surface area contributed by atoms with Gasteiger partial charge in [-0.1, -0.05) is 30.3 Å². The summed E-state index contributed by atoms with van der Waals surface area (Å²) < 4.78 is 5.94. The van der Waals surface area contributed by atoms with Gasteiger partial charge in [0.1, 0.15) is 11.5 Å². The minimum Gasteiger partial charge on any atom is -0.457 e. The molecule has 3 heterocycles. The molecule has 6 rings (SSSR count). The number of carbonyl (C=O) groups is 2. The van der Waals surface area contributed by atoms with Crippen molar-refractivity contribution in [1.82, 2.24) is 0 Å². The minimum atomic E-state index is -1.12. The highest BCUT2D eigenvalue weighted by Gasteiger charge is 2.64. The number of ether oxygens (including phenoxy) is 1. The van der Waals surface area contributed by atoms with Gasteiger partial charge in [0.2, 0.25) is 10.8 Å². The molecule has 1 atom stereocenters. The van der Waals surface area contributed by atoms with Crippen molar-refractivity contribution in [2.45, 2.75) is 38.1 Å². The normalized spacial score (nSPS) is 22.0. The summed E-state index contributed by atoms with van der Waals surface area (Å²) in [6.07, 6.45) is 2.15. The van der Waals surface area contributed by atoms with E-state index in [0.29, 0.717) is 11.4 Å². The van der Waals surface area contributed by atoms with Gasteiger partial charge in [0.15, 0.2) is 0 Å². The maximum atomic E-state index is 14.3. The van der Waals surface area contributed by atoms with E-state index in [9.17, 15) is 9.59 Å². The van der Waals surface area contributed by atoms with Crippen LogP contribution in [0.5, 0.6) is 11.5 Å². The number of para-hydroxylation sites is 1. The van der Waals surface area contributed by atoms with E-state index in [1.165, 1.54) is 11.8 Å². The van der Waals surface area contributed by atoms with Gasteiger partial charge in [0.05, 0.1) is 17.0 Å². The molecule has 2 amide bonds. The number of aryl methyl sites for hydroxylation is 1. The number of fused-ring (bicyclic) bond motifs is 1. The van der Waals surface area contributed by atoms with Gasteiger partial charge in [-0.3, -0.25) is 19.4 Å². The highest BCUT2D eigenvalue weighted by atomic mass is 32.2. The summed E-state index contributed by atoms with van der Waals surface area (Å²) >= 11 is 1.42. The third kappa shape index (κ3) is 3.09. The van der Waals surface area contributed by atoms with Crippen LogP contribution < -0.4 is 14.5 Å². The second kappa shape index (κ2) is 7.49. The van der Waals surface area contributed by atoms with Crippen molar-refractivity contribution in [3.05, 3.63) is 89.5 Å². The van der Waals surface area contributed by atoms with Crippen molar-refractivity contribution >= 4 is 40.5 Å². The Morgan fingerprint density at radius 2 is 1.57 bits per heavy atom. The molecule has 176 valence electrons. The predicted octanol–water partition coefficient (Wildman–Crippen LogP) is 6.26. The Hall–Kier alpha value is -3.51. The molecule has 0 unspecified atom stereocenters. The number of amides is 2. The van der Waals surface area contributed by atoms with Crippen molar-refractivity contribution in [2.75, 3.05) is 15.6 Å². The standard InChI is InChI=1S/C29H26N2O3S/c1-18-14-23-19(2)16-28(3,4)31-26(23)24(15-18)29(27(31)33)30(25(32)17-35-29)20-10-12-22(13-11-20)34-21-8-6-5-7-9-21/h5-16H,17H2,1-4H3/t29-/m1/s1. The van der Waals surface area contributed by atoms with Gasteiger partial charge in [-0.25, -0.2) is 0 Å². The molecule has 0 aliphatic carbocycles. The van der Waals surface area contributed by atoms with Crippen LogP contribution in [0.2, 0.25) is 0 Å². The molecule has 0 aromatic heterocycles. The molecule has 1 spiro atoms. The van der Waals surface area contributed by atoms with E-state index in [0.717, 1.165) is 33.7 Å². The molecule has 35 heavy (non-hydrogen) atoms. The Morgan fingerprint density at radius 3 is 2.29 bits per heavy atom. The van der Waals surface area contributed by atoms with Crippen LogP contribution in [0, 0.1) is 6.92 Å². The summed E-state index contributed by atoms with van der Waals surface area (Å²) in [7, 11) is 0. The van der Waals surface area contributed by atoms with Crippen LogP contribution in [-0.4, -0.2) is 23.1 Å². The highest BCUT2D eigenvalue weighted by Crippen LogP contribution is 2.60. The average Bonchev–Trinajstić information content (AvgIpc) is 3.29. The summed E-state index contributed by atoms with van der Waals surface area (Å²) in [6, 6.07) is 21.2. The van der Waals surface area contributed by atoms with E-state index >= 15 is 0 Å². The van der Waals surface area contributed by atoms with Gasteiger partial charge in [-0.15, -0.1) is 11.8 Å². The summed E-state index contributed by atoms with van der Waals surface area (Å²) in [5.74, 6) is 1.53. The fraction of sp³-hybridized carbons (Fsp3) is 0.241. The fourth-order valence-electron chi connectivity index (χ4n) is 5.61. The highest BCUT2D eigenvalue weighted by molar-refractivity contribution is 8.02. The van der Waals surface area contributed by atoms with Crippen LogP contribution in [0.3, 0.4) is 0 Å². The number of allylic oxidation sites excluding steroid dienone is 1. The SMILES string of the molecule is CC1=CC(C)(C)N2C(=O)[C@]3(SCC(=O)N3c3ccc(Oc4ccccc4)cc3)c3cc(C)cc1c32. The molecule has 1 fully saturated rings. The van der Waals surface area contributed by atoms with Crippen LogP contribution in [0.15, 0.2) is 72.8 Å². The molecule has 0 N–H and O–H groups in total. The van der Waals surface area contributed by atoms with Gasteiger partial charge < -0.3 is 4.74 Å². The number of nitrogens with zero attached hydrogens (tertiary/aromatic N) is 2. The number of hydrogen-bond acceptors (Lipinski definition) is 4. The Balaban J connectivity index is 1.47. The quantitative estimate of drug-likeness (QED) is 0.442. The second-order valence-corrected chi connectivity index (χ2v) is 11.1. The number of rotatable bonds is 3. The second-order valence-electron chi connectivity index (χ2n) is 9.90. The third-order valence-corrected chi connectivity index (χ3v) is 8.34. The number of hydrogen-bond donors (Lipinski definition) is 0. The van der Waals surface area contributed by atoms with Gasteiger partial charge in [-0.05, 0) is 81.3 Å². The molecule has 3 aromatic carbocycles. The molecule has 5 nitrogen and oxygen atoms in total. The lowest BCUT2D eigenvalue weighted by atomic mass is 9.88. The van der Waals surface area contributed by atoms with Gasteiger partial charge in [0, 0.05) is 16.8 Å². The monoisotopic (exact) mass is 482 g/mol. The number of thioether (sulfide) groups is 1. The number of benzene rings is 3. The first-order valence-corrected chi connectivity index (χ1v) is 12.7. The zero-order valence-electron chi connectivity index (χ0n) is 20.2. The first-order valence-electron chi connectivity index (χ1n) is 11.7. The van der Waals surface area contributed by atoms with E-state index in [4.69, 9.17) is 4.74 Å². The van der Waals surface area contributed by atoms with Gasteiger partial charge in [0.25, 0.3) is 5.91 Å². The Bertz CT molecular complexity index is 1410. The Morgan fingerprint density at radius 1 is 0.886 bits per heavy atom. The average molecular weight is 483 g/mol. The number of anilines is 2. The van der Waals surface area contributed by atoms with Crippen LogP contribution in [0.1, 0.15) is 37.5 Å². The lowest BCUT2D eigenvalue weighted by Gasteiger charge is -2.40. The molecule has 0 radical (unpaired) electrons. The summed E-state index contributed by atoms with van der Waals surface area (Å²) in [4.78, 5) is 30.2. The summed E-state index contributed by atoms with van der Waals surface area (Å²) in [5, 5.41) is 0. The van der Waals surface area contributed by atoms with Crippen molar-refractivity contribution in [1.29, 1.82) is 0 Å². The van der Waals surface area contributed by atoms with Crippen molar-refractivity contribution in [2.24, 2.45) is 0 Å². The largest absolute Gasteiger partial charge is 0.457 e. The van der Waals surface area contributed by atoms with E-state index in [-0.39, 0.29) is 17.6 Å². The zero-order valence-corrected chi connectivity index (χ0v) is 21.0. The first kappa shape index (κ1) is 22.0. The summed E-state index contributed by atoms with van der Waals surface area (Å²) in [5.41, 5.74) is 5.32. The van der Waals surface area contributed by atoms with E-state index in [1.54, 1.807) is 4.90 Å². The van der Waals surface area contributed by atoms with E-state index < -0.39 is 10.4 Å². The summed E-state index contributed by atoms with van der Waals surface area (Å²) in [6.45, 7) is 8.26. The third-order valence-electron chi connectivity index (χ3n) is 6.95. The Kier molecular flexibility index (Phi) is 4.71. The molecule has 3 aliphatic heterocycles. The van der Waals surface area contributed by atoms with Crippen molar-refractivity contribution in [3.63, 3.8) is 0 Å². The lowest BCUT2D eigenvalue weighted by molar-refractivity contribution is -0.124. The van der Waals surface area contributed by atoms with E-state index in [1.807, 2.05) is 66.4 Å². The molecular formula is C29H26N2O3S. The number of carbonyl (C=O) groups excluding carboxylic acids is 2. The Labute approximate surface area is 209 Å². The topological polar surface area (TPSA) is 49.9 Å². The van der Waals surface area contributed by atoms with Crippen LogP contribution in [0.25, 0.3) is 5.57 Å². The van der Waals surface area contributed by atoms with Gasteiger partial charge in [-0.2, -0.15) is 0 Å². The van der Waals surface area contributed by atoms with Crippen molar-refractivity contribution < 1.29 is 14.3 Å². The van der Waals surface area contributed by atoms with Gasteiger partial charge >= 0.3 is 0 Å². The smallest absolute Gasteiger partial charge is 0.269 e. The van der Waals surface area contributed by atoms with Crippen molar-refractivity contribution in [3.8, 4) is 11.5 Å². The molecule has 6 heteroatoms.